The molecule has 0 saturated carbocycles. The summed E-state index contributed by atoms with van der Waals surface area (Å²) in [5.41, 5.74) is 1.20. The van der Waals surface area contributed by atoms with Gasteiger partial charge in [-0.1, -0.05) is 29.3 Å². The molecule has 1 N–H and O–H groups in total. The molecule has 2 aromatic rings. The van der Waals surface area contributed by atoms with Gasteiger partial charge in [-0.2, -0.15) is 0 Å². The molecule has 1 unspecified atom stereocenters. The first-order valence-corrected chi connectivity index (χ1v) is 6.83. The summed E-state index contributed by atoms with van der Waals surface area (Å²) in [6, 6.07) is 8.48. The molecule has 5 heteroatoms. The maximum absolute atomic E-state index is 13.7. The highest BCUT2D eigenvalue weighted by molar-refractivity contribution is 6.33. The minimum Gasteiger partial charge on any atom is -0.313 e. The first-order valence-electron chi connectivity index (χ1n) is 6.07. The van der Waals surface area contributed by atoms with E-state index < -0.39 is 11.6 Å². The SMILES string of the molecule is CNC(Cc1ccc(F)cc1F)c1cc(Cl)ccc1Cl. The summed E-state index contributed by atoms with van der Waals surface area (Å²) < 4.78 is 26.6. The lowest BCUT2D eigenvalue weighted by molar-refractivity contribution is 0.541. The van der Waals surface area contributed by atoms with Crippen molar-refractivity contribution in [2.45, 2.75) is 12.5 Å². The monoisotopic (exact) mass is 315 g/mol. The third kappa shape index (κ3) is 3.48. The third-order valence-corrected chi connectivity index (χ3v) is 3.70. The Balaban J connectivity index is 2.31. The Morgan fingerprint density at radius 3 is 2.50 bits per heavy atom. The average molecular weight is 316 g/mol. The molecule has 2 rings (SSSR count). The molecule has 0 saturated heterocycles. The van der Waals surface area contributed by atoms with E-state index in [-0.39, 0.29) is 6.04 Å². The van der Waals surface area contributed by atoms with E-state index in [9.17, 15) is 8.78 Å². The van der Waals surface area contributed by atoms with E-state index in [2.05, 4.69) is 5.32 Å². The summed E-state index contributed by atoms with van der Waals surface area (Å²) in [7, 11) is 1.75. The Morgan fingerprint density at radius 2 is 1.85 bits per heavy atom. The first kappa shape index (κ1) is 15.2. The summed E-state index contributed by atoms with van der Waals surface area (Å²) in [5.74, 6) is -1.16. The van der Waals surface area contributed by atoms with Crippen molar-refractivity contribution in [2.75, 3.05) is 7.05 Å². The molecule has 106 valence electrons. The number of hydrogen-bond donors (Lipinski definition) is 1. The molecule has 0 aliphatic carbocycles. The van der Waals surface area contributed by atoms with Crippen LogP contribution in [0.1, 0.15) is 17.2 Å². The quantitative estimate of drug-likeness (QED) is 0.856. The first-order chi connectivity index (χ1) is 9.51. The molecule has 0 aliphatic rings. The molecule has 0 aromatic heterocycles. The third-order valence-electron chi connectivity index (χ3n) is 3.12. The molecule has 0 aliphatic heterocycles. The van der Waals surface area contributed by atoms with Crippen molar-refractivity contribution in [3.05, 3.63) is 69.2 Å². The van der Waals surface area contributed by atoms with Crippen LogP contribution in [0.5, 0.6) is 0 Å². The Bertz CT molecular complexity index is 617. The summed E-state index contributed by atoms with van der Waals surface area (Å²) in [5, 5.41) is 4.18. The lowest BCUT2D eigenvalue weighted by Gasteiger charge is -2.19. The van der Waals surface area contributed by atoms with Crippen molar-refractivity contribution < 1.29 is 8.78 Å². The number of likely N-dealkylation sites (N-methyl/N-ethyl adjacent to an activating group) is 1. The van der Waals surface area contributed by atoms with E-state index >= 15 is 0 Å². The van der Waals surface area contributed by atoms with Crippen LogP contribution < -0.4 is 5.32 Å². The van der Waals surface area contributed by atoms with Gasteiger partial charge < -0.3 is 5.32 Å². The fourth-order valence-electron chi connectivity index (χ4n) is 2.06. The number of nitrogens with one attached hydrogen (secondary N) is 1. The lowest BCUT2D eigenvalue weighted by atomic mass is 9.98. The van der Waals surface area contributed by atoms with Crippen LogP contribution >= 0.6 is 23.2 Å². The van der Waals surface area contributed by atoms with E-state index in [0.29, 0.717) is 22.0 Å². The Labute approximate surface area is 126 Å². The molecule has 1 nitrogen and oxygen atoms in total. The van der Waals surface area contributed by atoms with Crippen LogP contribution in [0.3, 0.4) is 0 Å². The van der Waals surface area contributed by atoms with Gasteiger partial charge in [0, 0.05) is 22.2 Å². The zero-order valence-electron chi connectivity index (χ0n) is 10.8. The van der Waals surface area contributed by atoms with Gasteiger partial charge in [0.2, 0.25) is 0 Å². The number of rotatable bonds is 4. The maximum Gasteiger partial charge on any atom is 0.129 e. The fraction of sp³-hybridized carbons (Fsp3) is 0.200. The largest absolute Gasteiger partial charge is 0.313 e. The van der Waals surface area contributed by atoms with Gasteiger partial charge in [0.05, 0.1) is 0 Å². The molecule has 1 atom stereocenters. The zero-order valence-corrected chi connectivity index (χ0v) is 12.3. The van der Waals surface area contributed by atoms with Crippen molar-refractivity contribution in [1.82, 2.24) is 5.32 Å². The highest BCUT2D eigenvalue weighted by atomic mass is 35.5. The zero-order chi connectivity index (χ0) is 14.7. The summed E-state index contributed by atoms with van der Waals surface area (Å²) in [6.07, 6.45) is 0.350. The topological polar surface area (TPSA) is 12.0 Å². The van der Waals surface area contributed by atoms with Crippen LogP contribution in [0.15, 0.2) is 36.4 Å². The highest BCUT2D eigenvalue weighted by Gasteiger charge is 2.16. The molecular formula is C15H13Cl2F2N. The minimum absolute atomic E-state index is 0.207. The maximum atomic E-state index is 13.7. The molecule has 20 heavy (non-hydrogen) atoms. The standard InChI is InChI=1S/C15H13Cl2F2N/c1-20-15(12-7-10(16)3-5-13(12)17)6-9-2-4-11(18)8-14(9)19/h2-5,7-8,15,20H,6H2,1H3. The van der Waals surface area contributed by atoms with Crippen molar-refractivity contribution in [3.8, 4) is 0 Å². The summed E-state index contributed by atoms with van der Waals surface area (Å²) in [4.78, 5) is 0. The van der Waals surface area contributed by atoms with Crippen LogP contribution in [0.4, 0.5) is 8.78 Å². The smallest absolute Gasteiger partial charge is 0.129 e. The Morgan fingerprint density at radius 1 is 1.10 bits per heavy atom. The predicted octanol–water partition coefficient (Wildman–Crippen LogP) is 4.77. The van der Waals surface area contributed by atoms with E-state index in [1.165, 1.54) is 12.1 Å². The van der Waals surface area contributed by atoms with E-state index in [1.54, 1.807) is 25.2 Å². The van der Waals surface area contributed by atoms with E-state index in [0.717, 1.165) is 11.6 Å². The summed E-state index contributed by atoms with van der Waals surface area (Å²) in [6.45, 7) is 0. The molecular weight excluding hydrogens is 303 g/mol. The number of benzene rings is 2. The van der Waals surface area contributed by atoms with E-state index in [4.69, 9.17) is 23.2 Å². The Hall–Kier alpha value is -1.16. The van der Waals surface area contributed by atoms with Gasteiger partial charge in [0.15, 0.2) is 0 Å². The van der Waals surface area contributed by atoms with Crippen molar-refractivity contribution >= 4 is 23.2 Å². The predicted molar refractivity (Wildman–Crippen MR) is 78.3 cm³/mol. The van der Waals surface area contributed by atoms with Crippen LogP contribution in [-0.4, -0.2) is 7.05 Å². The molecule has 0 radical (unpaired) electrons. The van der Waals surface area contributed by atoms with E-state index in [1.807, 2.05) is 0 Å². The average Bonchev–Trinajstić information content (AvgIpc) is 2.41. The molecule has 0 amide bonds. The van der Waals surface area contributed by atoms with Gasteiger partial charge in [0.1, 0.15) is 11.6 Å². The van der Waals surface area contributed by atoms with Crippen LogP contribution in [-0.2, 0) is 6.42 Å². The van der Waals surface area contributed by atoms with Gasteiger partial charge in [-0.25, -0.2) is 8.78 Å². The summed E-state index contributed by atoms with van der Waals surface area (Å²) >= 11 is 12.1. The van der Waals surface area contributed by atoms with Crippen molar-refractivity contribution in [2.24, 2.45) is 0 Å². The van der Waals surface area contributed by atoms with Gasteiger partial charge in [-0.15, -0.1) is 0 Å². The normalized spacial score (nSPS) is 12.4. The van der Waals surface area contributed by atoms with Gasteiger partial charge >= 0.3 is 0 Å². The number of hydrogen-bond acceptors (Lipinski definition) is 1. The second-order valence-electron chi connectivity index (χ2n) is 4.45. The number of halogens is 4. The van der Waals surface area contributed by atoms with Crippen molar-refractivity contribution in [3.63, 3.8) is 0 Å². The van der Waals surface area contributed by atoms with Crippen molar-refractivity contribution in [1.29, 1.82) is 0 Å². The molecule has 0 bridgehead atoms. The Kier molecular flexibility index (Phi) is 4.97. The van der Waals surface area contributed by atoms with Crippen LogP contribution in [0.25, 0.3) is 0 Å². The molecule has 0 fully saturated rings. The van der Waals surface area contributed by atoms with Crippen LogP contribution in [0, 0.1) is 11.6 Å². The molecule has 0 heterocycles. The molecule has 0 spiro atoms. The van der Waals surface area contributed by atoms with Crippen LogP contribution in [0.2, 0.25) is 10.0 Å². The van der Waals surface area contributed by atoms with Gasteiger partial charge in [-0.3, -0.25) is 0 Å². The lowest BCUT2D eigenvalue weighted by Crippen LogP contribution is -2.19. The minimum atomic E-state index is -0.590. The molecule has 2 aromatic carbocycles. The highest BCUT2D eigenvalue weighted by Crippen LogP contribution is 2.29. The second-order valence-corrected chi connectivity index (χ2v) is 5.29. The van der Waals surface area contributed by atoms with Gasteiger partial charge in [0.25, 0.3) is 0 Å². The van der Waals surface area contributed by atoms with Gasteiger partial charge in [-0.05, 0) is 48.9 Å². The second kappa shape index (κ2) is 6.53. The fourth-order valence-corrected chi connectivity index (χ4v) is 2.49.